The van der Waals surface area contributed by atoms with E-state index in [1.165, 1.54) is 7.11 Å². The summed E-state index contributed by atoms with van der Waals surface area (Å²) in [5, 5.41) is 0.787. The second-order valence-electron chi connectivity index (χ2n) is 3.83. The van der Waals surface area contributed by atoms with E-state index in [0.29, 0.717) is 6.42 Å². The fraction of sp³-hybridized carbons (Fsp3) is 0.583. The Kier molecular flexibility index (Phi) is 5.41. The first kappa shape index (κ1) is 14.0. The van der Waals surface area contributed by atoms with Crippen molar-refractivity contribution in [3.8, 4) is 0 Å². The van der Waals surface area contributed by atoms with Crippen molar-refractivity contribution < 1.29 is 9.53 Å². The maximum absolute atomic E-state index is 10.9. The van der Waals surface area contributed by atoms with Gasteiger partial charge in [-0.1, -0.05) is 11.8 Å². The number of ether oxygens (including phenoxy) is 1. The Hall–Kier alpha value is -1.10. The van der Waals surface area contributed by atoms with Gasteiger partial charge in [0.05, 0.1) is 7.11 Å². The van der Waals surface area contributed by atoms with E-state index in [4.69, 9.17) is 0 Å². The Balaban J connectivity index is 2.45. The van der Waals surface area contributed by atoms with Crippen LogP contribution >= 0.6 is 11.8 Å². The summed E-state index contributed by atoms with van der Waals surface area (Å²) in [7, 11) is 1.41. The molecule has 1 rings (SSSR count). The van der Waals surface area contributed by atoms with E-state index in [1.807, 2.05) is 20.8 Å². The highest BCUT2D eigenvalue weighted by Crippen LogP contribution is 2.18. The third-order valence-corrected chi connectivity index (χ3v) is 3.53. The van der Waals surface area contributed by atoms with Gasteiger partial charge in [0.15, 0.2) is 5.16 Å². The molecule has 17 heavy (non-hydrogen) atoms. The molecule has 0 N–H and O–H groups in total. The van der Waals surface area contributed by atoms with Crippen LogP contribution in [0.5, 0.6) is 0 Å². The number of aromatic nitrogens is 2. The minimum atomic E-state index is -0.164. The third-order valence-electron chi connectivity index (χ3n) is 2.60. The molecule has 5 heteroatoms. The lowest BCUT2D eigenvalue weighted by Crippen LogP contribution is -2.01. The zero-order valence-electron chi connectivity index (χ0n) is 10.7. The molecule has 1 aromatic rings. The monoisotopic (exact) mass is 254 g/mol. The van der Waals surface area contributed by atoms with E-state index in [2.05, 4.69) is 14.7 Å². The number of rotatable bonds is 5. The lowest BCUT2D eigenvalue weighted by molar-refractivity contribution is -0.140. The molecule has 0 aliphatic rings. The molecule has 0 aliphatic carbocycles. The lowest BCUT2D eigenvalue weighted by atomic mass is 10.2. The molecule has 0 atom stereocenters. The second kappa shape index (κ2) is 6.59. The van der Waals surface area contributed by atoms with E-state index >= 15 is 0 Å². The standard InChI is InChI=1S/C12H18N2O2S/c1-8-9(2)13-12(14-10(8)3)17-7-5-6-11(15)16-4/h5-7H2,1-4H3. The van der Waals surface area contributed by atoms with Crippen molar-refractivity contribution >= 4 is 17.7 Å². The summed E-state index contributed by atoms with van der Waals surface area (Å²) >= 11 is 1.58. The zero-order valence-corrected chi connectivity index (χ0v) is 11.6. The Morgan fingerprint density at radius 1 is 1.24 bits per heavy atom. The van der Waals surface area contributed by atoms with Crippen molar-refractivity contribution in [1.29, 1.82) is 0 Å². The number of thioether (sulfide) groups is 1. The van der Waals surface area contributed by atoms with Gasteiger partial charge >= 0.3 is 5.97 Å². The van der Waals surface area contributed by atoms with Crippen LogP contribution in [0, 0.1) is 20.8 Å². The van der Waals surface area contributed by atoms with Crippen LogP contribution in [0.15, 0.2) is 5.16 Å². The Labute approximate surface area is 106 Å². The van der Waals surface area contributed by atoms with Crippen LogP contribution in [0.25, 0.3) is 0 Å². The Bertz CT molecular complexity index is 384. The molecule has 0 unspecified atom stereocenters. The summed E-state index contributed by atoms with van der Waals surface area (Å²) in [5.74, 6) is 0.666. The van der Waals surface area contributed by atoms with Crippen molar-refractivity contribution in [1.82, 2.24) is 9.97 Å². The van der Waals surface area contributed by atoms with Gasteiger partial charge < -0.3 is 4.74 Å². The minimum absolute atomic E-state index is 0.164. The molecule has 0 radical (unpaired) electrons. The van der Waals surface area contributed by atoms with Gasteiger partial charge in [-0.25, -0.2) is 9.97 Å². The van der Waals surface area contributed by atoms with Crippen LogP contribution < -0.4 is 0 Å². The third kappa shape index (κ3) is 4.34. The Morgan fingerprint density at radius 3 is 2.35 bits per heavy atom. The number of carbonyl (C=O) groups excluding carboxylic acids is 1. The van der Waals surface area contributed by atoms with Gasteiger partial charge in [0.2, 0.25) is 0 Å². The molecule has 0 aromatic carbocycles. The zero-order chi connectivity index (χ0) is 12.8. The van der Waals surface area contributed by atoms with Crippen LogP contribution in [-0.4, -0.2) is 28.8 Å². The first-order valence-corrected chi connectivity index (χ1v) is 6.54. The van der Waals surface area contributed by atoms with Gasteiger partial charge in [-0.3, -0.25) is 4.79 Å². The predicted octanol–water partition coefficient (Wildman–Crippen LogP) is 2.45. The molecule has 0 bridgehead atoms. The number of hydrogen-bond acceptors (Lipinski definition) is 5. The minimum Gasteiger partial charge on any atom is -0.469 e. The smallest absolute Gasteiger partial charge is 0.305 e. The van der Waals surface area contributed by atoms with Gasteiger partial charge in [-0.2, -0.15) is 0 Å². The molecule has 0 aliphatic heterocycles. The van der Waals surface area contributed by atoms with Crippen LogP contribution in [0.4, 0.5) is 0 Å². The maximum Gasteiger partial charge on any atom is 0.305 e. The predicted molar refractivity (Wildman–Crippen MR) is 68.2 cm³/mol. The fourth-order valence-corrected chi connectivity index (χ4v) is 2.16. The van der Waals surface area contributed by atoms with Gasteiger partial charge in [0, 0.05) is 23.6 Å². The highest BCUT2D eigenvalue weighted by Gasteiger charge is 2.05. The van der Waals surface area contributed by atoms with Crippen molar-refractivity contribution in [2.24, 2.45) is 0 Å². The normalized spacial score (nSPS) is 10.4. The van der Waals surface area contributed by atoms with Gasteiger partial charge in [-0.05, 0) is 32.8 Å². The lowest BCUT2D eigenvalue weighted by Gasteiger charge is -2.06. The number of hydrogen-bond donors (Lipinski definition) is 0. The van der Waals surface area contributed by atoms with Crippen molar-refractivity contribution in [3.05, 3.63) is 17.0 Å². The molecule has 1 aromatic heterocycles. The number of esters is 1. The van der Waals surface area contributed by atoms with Gasteiger partial charge in [0.25, 0.3) is 0 Å². The van der Waals surface area contributed by atoms with Gasteiger partial charge in [0.1, 0.15) is 0 Å². The van der Waals surface area contributed by atoms with Crippen LogP contribution in [-0.2, 0) is 9.53 Å². The first-order valence-electron chi connectivity index (χ1n) is 5.56. The molecular weight excluding hydrogens is 236 g/mol. The highest BCUT2D eigenvalue weighted by molar-refractivity contribution is 7.99. The summed E-state index contributed by atoms with van der Waals surface area (Å²) in [4.78, 5) is 19.7. The SMILES string of the molecule is COC(=O)CCCSc1nc(C)c(C)c(C)n1. The summed E-state index contributed by atoms with van der Waals surface area (Å²) in [6, 6.07) is 0. The highest BCUT2D eigenvalue weighted by atomic mass is 32.2. The van der Waals surface area contributed by atoms with Crippen molar-refractivity contribution in [2.75, 3.05) is 12.9 Å². The summed E-state index contributed by atoms with van der Waals surface area (Å²) < 4.78 is 4.58. The number of nitrogens with zero attached hydrogens (tertiary/aromatic N) is 2. The molecule has 0 saturated heterocycles. The fourth-order valence-electron chi connectivity index (χ4n) is 1.29. The number of methoxy groups -OCH3 is 1. The Morgan fingerprint density at radius 2 is 1.82 bits per heavy atom. The van der Waals surface area contributed by atoms with Gasteiger partial charge in [-0.15, -0.1) is 0 Å². The summed E-state index contributed by atoms with van der Waals surface area (Å²) in [6.07, 6.45) is 1.24. The largest absolute Gasteiger partial charge is 0.469 e. The molecule has 0 amide bonds. The molecule has 94 valence electrons. The molecule has 4 nitrogen and oxygen atoms in total. The van der Waals surface area contributed by atoms with Crippen molar-refractivity contribution in [2.45, 2.75) is 38.8 Å². The average molecular weight is 254 g/mol. The molecule has 1 heterocycles. The first-order chi connectivity index (χ1) is 8.04. The number of carbonyl (C=O) groups is 1. The maximum atomic E-state index is 10.9. The van der Waals surface area contributed by atoms with E-state index in [1.54, 1.807) is 11.8 Å². The van der Waals surface area contributed by atoms with E-state index in [9.17, 15) is 4.79 Å². The molecule has 0 spiro atoms. The summed E-state index contributed by atoms with van der Waals surface area (Å²) in [6.45, 7) is 6.00. The topological polar surface area (TPSA) is 52.1 Å². The quantitative estimate of drug-likeness (QED) is 0.349. The number of aryl methyl sites for hydroxylation is 2. The molecule has 0 saturated carbocycles. The van der Waals surface area contributed by atoms with Crippen molar-refractivity contribution in [3.63, 3.8) is 0 Å². The van der Waals surface area contributed by atoms with Crippen LogP contribution in [0.2, 0.25) is 0 Å². The van der Waals surface area contributed by atoms with Crippen LogP contribution in [0.1, 0.15) is 29.8 Å². The van der Waals surface area contributed by atoms with E-state index in [-0.39, 0.29) is 5.97 Å². The second-order valence-corrected chi connectivity index (χ2v) is 4.89. The van der Waals surface area contributed by atoms with E-state index in [0.717, 1.165) is 34.3 Å². The molecular formula is C12H18N2O2S. The average Bonchev–Trinajstić information content (AvgIpc) is 2.31. The van der Waals surface area contributed by atoms with Crippen LogP contribution in [0.3, 0.4) is 0 Å². The van der Waals surface area contributed by atoms with E-state index < -0.39 is 0 Å². The molecule has 0 fully saturated rings. The summed E-state index contributed by atoms with van der Waals surface area (Å²) in [5.41, 5.74) is 3.19.